The van der Waals surface area contributed by atoms with Crippen molar-refractivity contribution in [1.82, 2.24) is 10.6 Å². The first-order valence-electron chi connectivity index (χ1n) is 5.76. The molecule has 1 amide bonds. The summed E-state index contributed by atoms with van der Waals surface area (Å²) in [5.41, 5.74) is 0. The van der Waals surface area contributed by atoms with Crippen LogP contribution in [0.25, 0.3) is 0 Å². The molecule has 1 aliphatic heterocycles. The van der Waals surface area contributed by atoms with Crippen molar-refractivity contribution in [3.8, 4) is 0 Å². The van der Waals surface area contributed by atoms with Crippen LogP contribution in [0, 0.1) is 5.92 Å². The summed E-state index contributed by atoms with van der Waals surface area (Å²) in [4.78, 5) is 11.3. The SMILES string of the molecule is CC(C)NC(=O)CNCCC1CCOC1. The Hall–Kier alpha value is -0.610. The van der Waals surface area contributed by atoms with Crippen LogP contribution in [-0.4, -0.2) is 38.3 Å². The molecule has 0 bridgehead atoms. The minimum atomic E-state index is 0.0765. The lowest BCUT2D eigenvalue weighted by Gasteiger charge is -2.10. The molecule has 0 aromatic carbocycles. The van der Waals surface area contributed by atoms with Crippen molar-refractivity contribution in [1.29, 1.82) is 0 Å². The molecule has 1 rings (SSSR count). The fraction of sp³-hybridized carbons (Fsp3) is 0.909. The molecule has 1 atom stereocenters. The molecule has 15 heavy (non-hydrogen) atoms. The summed E-state index contributed by atoms with van der Waals surface area (Å²) >= 11 is 0. The van der Waals surface area contributed by atoms with E-state index in [4.69, 9.17) is 4.74 Å². The first-order valence-corrected chi connectivity index (χ1v) is 5.76. The largest absolute Gasteiger partial charge is 0.381 e. The van der Waals surface area contributed by atoms with Gasteiger partial charge in [0.2, 0.25) is 5.91 Å². The van der Waals surface area contributed by atoms with Gasteiger partial charge in [-0.15, -0.1) is 0 Å². The number of nitrogens with one attached hydrogen (secondary N) is 2. The molecular weight excluding hydrogens is 192 g/mol. The fourth-order valence-electron chi connectivity index (χ4n) is 1.69. The van der Waals surface area contributed by atoms with Crippen molar-refractivity contribution in [2.45, 2.75) is 32.7 Å². The topological polar surface area (TPSA) is 50.4 Å². The summed E-state index contributed by atoms with van der Waals surface area (Å²) in [5.74, 6) is 0.762. The van der Waals surface area contributed by atoms with Crippen LogP contribution in [0.15, 0.2) is 0 Å². The third-order valence-electron chi connectivity index (χ3n) is 2.49. The fourth-order valence-corrected chi connectivity index (χ4v) is 1.69. The molecule has 1 fully saturated rings. The van der Waals surface area contributed by atoms with Gasteiger partial charge in [0.1, 0.15) is 0 Å². The zero-order valence-electron chi connectivity index (χ0n) is 9.71. The number of carbonyl (C=O) groups is 1. The van der Waals surface area contributed by atoms with E-state index in [1.165, 1.54) is 6.42 Å². The predicted octanol–water partition coefficient (Wildman–Crippen LogP) is 0.527. The molecule has 0 aliphatic carbocycles. The first kappa shape index (κ1) is 12.5. The Morgan fingerprint density at radius 1 is 1.53 bits per heavy atom. The number of hydrogen-bond donors (Lipinski definition) is 2. The van der Waals surface area contributed by atoms with Crippen molar-refractivity contribution in [3.05, 3.63) is 0 Å². The standard InChI is InChI=1S/C11H22N2O2/c1-9(2)13-11(14)7-12-5-3-10-4-6-15-8-10/h9-10,12H,3-8H2,1-2H3,(H,13,14). The van der Waals surface area contributed by atoms with Crippen LogP contribution in [0.5, 0.6) is 0 Å². The van der Waals surface area contributed by atoms with Crippen LogP contribution in [0.3, 0.4) is 0 Å². The highest BCUT2D eigenvalue weighted by Gasteiger charge is 2.14. The summed E-state index contributed by atoms with van der Waals surface area (Å²) in [6.45, 7) is 7.05. The first-order chi connectivity index (χ1) is 7.18. The highest BCUT2D eigenvalue weighted by atomic mass is 16.5. The van der Waals surface area contributed by atoms with Crippen LogP contribution in [0.1, 0.15) is 26.7 Å². The predicted molar refractivity (Wildman–Crippen MR) is 59.7 cm³/mol. The highest BCUT2D eigenvalue weighted by molar-refractivity contribution is 5.78. The maximum atomic E-state index is 11.3. The van der Waals surface area contributed by atoms with E-state index in [0.29, 0.717) is 12.5 Å². The highest BCUT2D eigenvalue weighted by Crippen LogP contribution is 2.14. The Bertz CT molecular complexity index is 189. The molecule has 4 nitrogen and oxygen atoms in total. The smallest absolute Gasteiger partial charge is 0.234 e. The van der Waals surface area contributed by atoms with Crippen LogP contribution < -0.4 is 10.6 Å². The Morgan fingerprint density at radius 2 is 2.33 bits per heavy atom. The number of carbonyl (C=O) groups excluding carboxylic acids is 1. The van der Waals surface area contributed by atoms with Gasteiger partial charge in [0.15, 0.2) is 0 Å². The monoisotopic (exact) mass is 214 g/mol. The lowest BCUT2D eigenvalue weighted by molar-refractivity contribution is -0.120. The molecule has 1 unspecified atom stereocenters. The van der Waals surface area contributed by atoms with E-state index in [9.17, 15) is 4.79 Å². The molecule has 4 heteroatoms. The minimum Gasteiger partial charge on any atom is -0.381 e. The van der Waals surface area contributed by atoms with Gasteiger partial charge in [0.25, 0.3) is 0 Å². The lowest BCUT2D eigenvalue weighted by Crippen LogP contribution is -2.38. The molecular formula is C11H22N2O2. The van der Waals surface area contributed by atoms with Crippen LogP contribution in [0.2, 0.25) is 0 Å². The summed E-state index contributed by atoms with van der Waals surface area (Å²) in [7, 11) is 0. The number of rotatable bonds is 6. The number of ether oxygens (including phenoxy) is 1. The third-order valence-corrected chi connectivity index (χ3v) is 2.49. The van der Waals surface area contributed by atoms with Gasteiger partial charge in [-0.2, -0.15) is 0 Å². The molecule has 0 aromatic rings. The van der Waals surface area contributed by atoms with Gasteiger partial charge in [-0.05, 0) is 39.2 Å². The average Bonchev–Trinajstić information content (AvgIpc) is 2.63. The van der Waals surface area contributed by atoms with Crippen molar-refractivity contribution < 1.29 is 9.53 Å². The van der Waals surface area contributed by atoms with Crippen LogP contribution in [0.4, 0.5) is 0 Å². The number of amides is 1. The van der Waals surface area contributed by atoms with Crippen molar-refractivity contribution in [3.63, 3.8) is 0 Å². The van der Waals surface area contributed by atoms with Gasteiger partial charge in [-0.1, -0.05) is 0 Å². The molecule has 2 N–H and O–H groups in total. The summed E-state index contributed by atoms with van der Waals surface area (Å²) in [6, 6.07) is 0.225. The maximum Gasteiger partial charge on any atom is 0.234 e. The second-order valence-corrected chi connectivity index (χ2v) is 4.42. The van der Waals surface area contributed by atoms with E-state index in [0.717, 1.165) is 26.2 Å². The third kappa shape index (κ3) is 5.74. The molecule has 0 spiro atoms. The molecule has 1 saturated heterocycles. The van der Waals surface area contributed by atoms with E-state index < -0.39 is 0 Å². The van der Waals surface area contributed by atoms with Crippen LogP contribution in [-0.2, 0) is 9.53 Å². The maximum absolute atomic E-state index is 11.3. The average molecular weight is 214 g/mol. The van der Waals surface area contributed by atoms with E-state index in [2.05, 4.69) is 10.6 Å². The quantitative estimate of drug-likeness (QED) is 0.634. The summed E-state index contributed by atoms with van der Waals surface area (Å²) < 4.78 is 5.28. The van der Waals surface area contributed by atoms with Gasteiger partial charge in [-0.3, -0.25) is 4.79 Å². The second-order valence-electron chi connectivity index (χ2n) is 4.42. The number of hydrogen-bond acceptors (Lipinski definition) is 3. The zero-order valence-corrected chi connectivity index (χ0v) is 9.71. The Kier molecular flexibility index (Phi) is 5.65. The van der Waals surface area contributed by atoms with Gasteiger partial charge >= 0.3 is 0 Å². The Labute approximate surface area is 91.8 Å². The van der Waals surface area contributed by atoms with Crippen molar-refractivity contribution >= 4 is 5.91 Å². The molecule has 0 aromatic heterocycles. The molecule has 1 aliphatic rings. The lowest BCUT2D eigenvalue weighted by atomic mass is 10.1. The molecule has 0 saturated carbocycles. The van der Waals surface area contributed by atoms with Gasteiger partial charge in [-0.25, -0.2) is 0 Å². The van der Waals surface area contributed by atoms with Gasteiger partial charge < -0.3 is 15.4 Å². The van der Waals surface area contributed by atoms with E-state index >= 15 is 0 Å². The van der Waals surface area contributed by atoms with Gasteiger partial charge in [0, 0.05) is 19.3 Å². The van der Waals surface area contributed by atoms with E-state index in [1.54, 1.807) is 0 Å². The summed E-state index contributed by atoms with van der Waals surface area (Å²) in [5, 5.41) is 5.99. The van der Waals surface area contributed by atoms with E-state index in [-0.39, 0.29) is 11.9 Å². The van der Waals surface area contributed by atoms with Crippen LogP contribution >= 0.6 is 0 Å². The minimum absolute atomic E-state index is 0.0765. The van der Waals surface area contributed by atoms with E-state index in [1.807, 2.05) is 13.8 Å². The zero-order chi connectivity index (χ0) is 11.1. The second kappa shape index (κ2) is 6.80. The van der Waals surface area contributed by atoms with Crippen molar-refractivity contribution in [2.75, 3.05) is 26.3 Å². The van der Waals surface area contributed by atoms with Gasteiger partial charge in [0.05, 0.1) is 6.54 Å². The Balaban J connectivity index is 1.94. The molecule has 0 radical (unpaired) electrons. The molecule has 1 heterocycles. The normalized spacial score (nSPS) is 20.9. The van der Waals surface area contributed by atoms with Crippen molar-refractivity contribution in [2.24, 2.45) is 5.92 Å². The summed E-state index contributed by atoms with van der Waals surface area (Å²) in [6.07, 6.45) is 2.27. The molecule has 88 valence electrons. The Morgan fingerprint density at radius 3 is 2.93 bits per heavy atom.